The smallest absolute Gasteiger partial charge is 0.0670 e. The molecule has 1 nitrogen and oxygen atoms in total. The molecule has 0 amide bonds. The van der Waals surface area contributed by atoms with Crippen molar-refractivity contribution in [3.63, 3.8) is 0 Å². The Kier molecular flexibility index (Phi) is 5.09. The average molecular weight is 307 g/mol. The Morgan fingerprint density at radius 2 is 1.70 bits per heavy atom. The maximum Gasteiger partial charge on any atom is 0.0670 e. The molecule has 105 valence electrons. The molecule has 0 aromatic heterocycles. The second kappa shape index (κ2) is 6.62. The van der Waals surface area contributed by atoms with Gasteiger partial charge in [0.05, 0.1) is 10.0 Å². The van der Waals surface area contributed by atoms with Crippen LogP contribution in [0.5, 0.6) is 0 Å². The van der Waals surface area contributed by atoms with Crippen molar-refractivity contribution in [3.05, 3.63) is 65.0 Å². The number of hydrogen-bond acceptors (Lipinski definition) is 1. The van der Waals surface area contributed by atoms with Gasteiger partial charge in [0.15, 0.2) is 0 Å². The van der Waals surface area contributed by atoms with Crippen LogP contribution in [0.3, 0.4) is 0 Å². The third-order valence-electron chi connectivity index (χ3n) is 3.42. The topological polar surface area (TPSA) is 3.24 Å². The molecule has 2 aromatic carbocycles. The van der Waals surface area contributed by atoms with Crippen molar-refractivity contribution in [2.24, 2.45) is 0 Å². The van der Waals surface area contributed by atoms with Crippen molar-refractivity contribution in [1.29, 1.82) is 0 Å². The van der Waals surface area contributed by atoms with Crippen LogP contribution in [0.4, 0.5) is 0 Å². The van der Waals surface area contributed by atoms with Gasteiger partial charge in [-0.1, -0.05) is 59.6 Å². The minimum atomic E-state index is 0.274. The molecule has 0 aliphatic heterocycles. The number of hydrogen-bond donors (Lipinski definition) is 0. The summed E-state index contributed by atoms with van der Waals surface area (Å²) in [4.78, 5) is 2.11. The van der Waals surface area contributed by atoms with E-state index in [1.54, 1.807) is 6.07 Å². The van der Waals surface area contributed by atoms with E-state index in [0.717, 1.165) is 17.5 Å². The first-order chi connectivity index (χ1) is 9.49. The molecule has 0 N–H and O–H groups in total. The van der Waals surface area contributed by atoms with E-state index in [2.05, 4.69) is 36.1 Å². The van der Waals surface area contributed by atoms with Gasteiger partial charge in [0.25, 0.3) is 0 Å². The Balaban J connectivity index is 2.22. The lowest BCUT2D eigenvalue weighted by Crippen LogP contribution is -2.26. The summed E-state index contributed by atoms with van der Waals surface area (Å²) in [5.41, 5.74) is 3.30. The van der Waals surface area contributed by atoms with Crippen molar-refractivity contribution in [2.45, 2.75) is 12.5 Å². The zero-order chi connectivity index (χ0) is 14.7. The van der Waals surface area contributed by atoms with E-state index in [-0.39, 0.29) is 6.04 Å². The van der Waals surface area contributed by atoms with Gasteiger partial charge in [-0.3, -0.25) is 0 Å². The fourth-order valence-corrected chi connectivity index (χ4v) is 2.41. The summed E-state index contributed by atoms with van der Waals surface area (Å²) in [5.74, 6) is 0. The summed E-state index contributed by atoms with van der Waals surface area (Å²) in [6, 6.07) is 14.4. The Bertz CT molecular complexity index is 576. The van der Waals surface area contributed by atoms with Crippen LogP contribution >= 0.6 is 23.2 Å². The molecule has 0 aliphatic rings. The van der Waals surface area contributed by atoms with Crippen LogP contribution < -0.4 is 0 Å². The van der Waals surface area contributed by atoms with Gasteiger partial charge in [-0.25, -0.2) is 0 Å². The normalized spacial score (nSPS) is 12.7. The minimum absolute atomic E-state index is 0.274. The SMILES string of the molecule is [CH2]C(Cc1ccc(-c2cccc(Cl)c2Cl)cc1)N(C)C. The summed E-state index contributed by atoms with van der Waals surface area (Å²) in [6.07, 6.45) is 0.927. The van der Waals surface area contributed by atoms with Gasteiger partial charge in [0.2, 0.25) is 0 Å². The molecule has 20 heavy (non-hydrogen) atoms. The van der Waals surface area contributed by atoms with Crippen LogP contribution in [-0.2, 0) is 6.42 Å². The second-order valence-corrected chi connectivity index (χ2v) is 5.91. The lowest BCUT2D eigenvalue weighted by molar-refractivity contribution is 0.339. The van der Waals surface area contributed by atoms with E-state index in [4.69, 9.17) is 23.2 Å². The molecule has 1 atom stereocenters. The summed E-state index contributed by atoms with van der Waals surface area (Å²) < 4.78 is 0. The van der Waals surface area contributed by atoms with E-state index in [1.807, 2.05) is 26.2 Å². The van der Waals surface area contributed by atoms with Crippen LogP contribution in [0.2, 0.25) is 10.0 Å². The molecule has 0 heterocycles. The van der Waals surface area contributed by atoms with Crippen LogP contribution in [0, 0.1) is 6.92 Å². The molecule has 0 spiro atoms. The number of benzene rings is 2. The third kappa shape index (κ3) is 3.54. The number of halogens is 2. The molecule has 0 saturated heterocycles. The second-order valence-electron chi connectivity index (χ2n) is 5.12. The zero-order valence-electron chi connectivity index (χ0n) is 11.7. The summed E-state index contributed by atoms with van der Waals surface area (Å²) in [6.45, 7) is 4.13. The van der Waals surface area contributed by atoms with Gasteiger partial charge in [0, 0.05) is 11.6 Å². The van der Waals surface area contributed by atoms with Crippen LogP contribution in [0.25, 0.3) is 11.1 Å². The Labute approximate surface area is 131 Å². The Morgan fingerprint density at radius 1 is 1.05 bits per heavy atom. The van der Waals surface area contributed by atoms with E-state index >= 15 is 0 Å². The van der Waals surface area contributed by atoms with E-state index in [1.165, 1.54) is 5.56 Å². The first-order valence-corrected chi connectivity index (χ1v) is 7.27. The Morgan fingerprint density at radius 3 is 2.30 bits per heavy atom. The molecule has 2 rings (SSSR count). The predicted octanol–water partition coefficient (Wildman–Crippen LogP) is 4.97. The third-order valence-corrected chi connectivity index (χ3v) is 4.24. The van der Waals surface area contributed by atoms with Crippen molar-refractivity contribution >= 4 is 23.2 Å². The highest BCUT2D eigenvalue weighted by Gasteiger charge is 2.08. The maximum absolute atomic E-state index is 6.24. The molecule has 1 unspecified atom stereocenters. The van der Waals surface area contributed by atoms with Gasteiger partial charge in [-0.05, 0) is 44.6 Å². The highest BCUT2D eigenvalue weighted by atomic mass is 35.5. The highest BCUT2D eigenvalue weighted by Crippen LogP contribution is 2.33. The predicted molar refractivity (Wildman–Crippen MR) is 88.4 cm³/mol. The first-order valence-electron chi connectivity index (χ1n) is 6.52. The first kappa shape index (κ1) is 15.4. The minimum Gasteiger partial charge on any atom is -0.306 e. The lowest BCUT2D eigenvalue weighted by atomic mass is 10.0. The molecular formula is C17H18Cl2N. The van der Waals surface area contributed by atoms with Crippen molar-refractivity contribution in [1.82, 2.24) is 4.90 Å². The van der Waals surface area contributed by atoms with Gasteiger partial charge < -0.3 is 4.90 Å². The Hall–Kier alpha value is -1.02. The van der Waals surface area contributed by atoms with Crippen LogP contribution in [-0.4, -0.2) is 25.0 Å². The zero-order valence-corrected chi connectivity index (χ0v) is 13.2. The van der Waals surface area contributed by atoms with Gasteiger partial charge in [-0.15, -0.1) is 0 Å². The molecular weight excluding hydrogens is 289 g/mol. The quantitative estimate of drug-likeness (QED) is 0.771. The fourth-order valence-electron chi connectivity index (χ4n) is 2.00. The summed E-state index contributed by atoms with van der Waals surface area (Å²) >= 11 is 12.3. The van der Waals surface area contributed by atoms with Crippen LogP contribution in [0.15, 0.2) is 42.5 Å². The number of likely N-dealkylation sites (N-methyl/N-ethyl adjacent to an activating group) is 1. The fraction of sp³-hybridized carbons (Fsp3) is 0.235. The van der Waals surface area contributed by atoms with Crippen molar-refractivity contribution in [2.75, 3.05) is 14.1 Å². The standard InChI is InChI=1S/C17H18Cl2N/c1-12(20(2)3)11-13-7-9-14(10-8-13)15-5-4-6-16(18)17(15)19/h4-10,12H,1,11H2,2-3H3. The van der Waals surface area contributed by atoms with Crippen LogP contribution in [0.1, 0.15) is 5.56 Å². The summed E-state index contributed by atoms with van der Waals surface area (Å²) in [7, 11) is 4.08. The molecule has 0 saturated carbocycles. The number of rotatable bonds is 4. The van der Waals surface area contributed by atoms with Gasteiger partial charge in [0.1, 0.15) is 0 Å². The molecule has 0 fully saturated rings. The molecule has 0 aliphatic carbocycles. The molecule has 1 radical (unpaired) electrons. The van der Waals surface area contributed by atoms with Crippen molar-refractivity contribution in [3.8, 4) is 11.1 Å². The van der Waals surface area contributed by atoms with E-state index < -0.39 is 0 Å². The van der Waals surface area contributed by atoms with E-state index in [9.17, 15) is 0 Å². The van der Waals surface area contributed by atoms with E-state index in [0.29, 0.717) is 10.0 Å². The molecule has 3 heteroatoms. The van der Waals surface area contributed by atoms with Crippen molar-refractivity contribution < 1.29 is 0 Å². The van der Waals surface area contributed by atoms with Gasteiger partial charge >= 0.3 is 0 Å². The summed E-state index contributed by atoms with van der Waals surface area (Å²) in [5, 5.41) is 1.18. The largest absolute Gasteiger partial charge is 0.306 e. The highest BCUT2D eigenvalue weighted by molar-refractivity contribution is 6.43. The monoisotopic (exact) mass is 306 g/mol. The maximum atomic E-state index is 6.24. The number of nitrogens with zero attached hydrogens (tertiary/aromatic N) is 1. The average Bonchev–Trinajstić information content (AvgIpc) is 2.43. The molecule has 0 bridgehead atoms. The molecule has 2 aromatic rings. The lowest BCUT2D eigenvalue weighted by Gasteiger charge is -2.19. The van der Waals surface area contributed by atoms with Gasteiger partial charge in [-0.2, -0.15) is 0 Å².